The number of methoxy groups -OCH3 is 1. The number of hydrogen-bond donors (Lipinski definition) is 1. The van der Waals surface area contributed by atoms with Gasteiger partial charge in [0.2, 0.25) is 0 Å². The molecule has 0 saturated carbocycles. The predicted molar refractivity (Wildman–Crippen MR) is 71.3 cm³/mol. The van der Waals surface area contributed by atoms with Crippen molar-refractivity contribution in [2.75, 3.05) is 33.5 Å². The second kappa shape index (κ2) is 9.86. The van der Waals surface area contributed by atoms with Gasteiger partial charge in [-0.1, -0.05) is 6.07 Å². The van der Waals surface area contributed by atoms with Crippen LogP contribution in [0, 0.1) is 5.82 Å². The summed E-state index contributed by atoms with van der Waals surface area (Å²) in [5.74, 6) is -0.274. The summed E-state index contributed by atoms with van der Waals surface area (Å²) >= 11 is 0. The first-order valence-electron chi connectivity index (χ1n) is 6.39. The van der Waals surface area contributed by atoms with Gasteiger partial charge in [-0.2, -0.15) is 0 Å². The largest absolute Gasteiger partial charge is 0.382 e. The fourth-order valence-corrected chi connectivity index (χ4v) is 1.62. The van der Waals surface area contributed by atoms with E-state index < -0.39 is 0 Å². The van der Waals surface area contributed by atoms with Crippen LogP contribution in [0.15, 0.2) is 18.2 Å². The third-order valence-corrected chi connectivity index (χ3v) is 2.53. The molecule has 2 N–H and O–H groups in total. The molecule has 0 fully saturated rings. The molecule has 4 nitrogen and oxygen atoms in total. The molecule has 0 atom stereocenters. The van der Waals surface area contributed by atoms with Gasteiger partial charge in [-0.15, -0.1) is 0 Å². The van der Waals surface area contributed by atoms with Gasteiger partial charge in [0, 0.05) is 26.9 Å². The van der Waals surface area contributed by atoms with Crippen LogP contribution in [0.3, 0.4) is 0 Å². The molecule has 5 heteroatoms. The first-order valence-corrected chi connectivity index (χ1v) is 6.39. The van der Waals surface area contributed by atoms with Crippen molar-refractivity contribution in [2.24, 2.45) is 5.73 Å². The number of hydrogen-bond acceptors (Lipinski definition) is 4. The normalized spacial score (nSPS) is 10.9. The average molecular weight is 271 g/mol. The van der Waals surface area contributed by atoms with Gasteiger partial charge in [0.1, 0.15) is 5.82 Å². The highest BCUT2D eigenvalue weighted by molar-refractivity contribution is 5.24. The maximum absolute atomic E-state index is 13.2. The van der Waals surface area contributed by atoms with E-state index in [0.29, 0.717) is 39.6 Å². The topological polar surface area (TPSA) is 53.7 Å². The highest BCUT2D eigenvalue weighted by atomic mass is 19.1. The Morgan fingerprint density at radius 1 is 1.00 bits per heavy atom. The Bertz CT molecular complexity index is 361. The molecule has 1 rings (SSSR count). The van der Waals surface area contributed by atoms with E-state index in [0.717, 1.165) is 17.5 Å². The second-order valence-corrected chi connectivity index (χ2v) is 4.18. The van der Waals surface area contributed by atoms with Crippen LogP contribution in [0.5, 0.6) is 0 Å². The Morgan fingerprint density at radius 2 is 1.74 bits per heavy atom. The van der Waals surface area contributed by atoms with Crippen molar-refractivity contribution in [3.05, 3.63) is 35.1 Å². The van der Waals surface area contributed by atoms with Crippen LogP contribution in [0.1, 0.15) is 17.5 Å². The van der Waals surface area contributed by atoms with E-state index in [9.17, 15) is 4.39 Å². The Balaban J connectivity index is 2.13. The minimum atomic E-state index is -0.274. The van der Waals surface area contributed by atoms with Gasteiger partial charge in [-0.05, 0) is 29.7 Å². The predicted octanol–water partition coefficient (Wildman–Crippen LogP) is 1.85. The van der Waals surface area contributed by atoms with Crippen LogP contribution in [-0.2, 0) is 27.4 Å². The highest BCUT2D eigenvalue weighted by Gasteiger charge is 2.00. The van der Waals surface area contributed by atoms with Gasteiger partial charge in [0.15, 0.2) is 0 Å². The first-order chi connectivity index (χ1) is 9.26. The van der Waals surface area contributed by atoms with E-state index in [1.807, 2.05) is 6.07 Å². The standard InChI is InChI=1S/C14H22FNO3/c1-17-5-6-18-3-2-4-19-11-13-7-12(10-16)8-14(15)9-13/h7-9H,2-6,10-11,16H2,1H3. The van der Waals surface area contributed by atoms with Crippen LogP contribution < -0.4 is 5.73 Å². The van der Waals surface area contributed by atoms with E-state index in [2.05, 4.69) is 0 Å². The third kappa shape index (κ3) is 7.22. The zero-order valence-corrected chi connectivity index (χ0v) is 11.4. The smallest absolute Gasteiger partial charge is 0.123 e. The Hall–Kier alpha value is -1.01. The lowest BCUT2D eigenvalue weighted by molar-refractivity contribution is 0.0483. The molecule has 0 unspecified atom stereocenters. The first kappa shape index (κ1) is 16.0. The number of halogens is 1. The zero-order chi connectivity index (χ0) is 13.9. The van der Waals surface area contributed by atoms with E-state index in [-0.39, 0.29) is 5.82 Å². The molecule has 1 aromatic carbocycles. The van der Waals surface area contributed by atoms with Crippen molar-refractivity contribution in [2.45, 2.75) is 19.6 Å². The molecule has 0 radical (unpaired) electrons. The maximum atomic E-state index is 13.2. The molecular formula is C14H22FNO3. The molecule has 1 aromatic rings. The van der Waals surface area contributed by atoms with Gasteiger partial charge in [-0.3, -0.25) is 0 Å². The number of nitrogens with two attached hydrogens (primary N) is 1. The molecule has 0 spiro atoms. The zero-order valence-electron chi connectivity index (χ0n) is 11.4. The molecular weight excluding hydrogens is 249 g/mol. The quantitative estimate of drug-likeness (QED) is 0.660. The van der Waals surface area contributed by atoms with Crippen LogP contribution in [-0.4, -0.2) is 33.5 Å². The summed E-state index contributed by atoms with van der Waals surface area (Å²) in [6, 6.07) is 4.76. The molecule has 0 aromatic heterocycles. The summed E-state index contributed by atoms with van der Waals surface area (Å²) in [5.41, 5.74) is 7.07. The van der Waals surface area contributed by atoms with Gasteiger partial charge in [-0.25, -0.2) is 4.39 Å². The lowest BCUT2D eigenvalue weighted by Gasteiger charge is -2.07. The van der Waals surface area contributed by atoms with Gasteiger partial charge < -0.3 is 19.9 Å². The number of rotatable bonds is 10. The van der Waals surface area contributed by atoms with E-state index in [1.165, 1.54) is 12.1 Å². The third-order valence-electron chi connectivity index (χ3n) is 2.53. The van der Waals surface area contributed by atoms with Crippen molar-refractivity contribution in [1.29, 1.82) is 0 Å². The molecule has 0 bridgehead atoms. The lowest BCUT2D eigenvalue weighted by atomic mass is 10.1. The number of ether oxygens (including phenoxy) is 3. The van der Waals surface area contributed by atoms with Crippen molar-refractivity contribution in [3.63, 3.8) is 0 Å². The lowest BCUT2D eigenvalue weighted by Crippen LogP contribution is -2.06. The summed E-state index contributed by atoms with van der Waals surface area (Å²) in [7, 11) is 1.64. The van der Waals surface area contributed by atoms with Gasteiger partial charge in [0.05, 0.1) is 19.8 Å². The number of benzene rings is 1. The van der Waals surface area contributed by atoms with Crippen LogP contribution >= 0.6 is 0 Å². The molecule has 0 aliphatic carbocycles. The van der Waals surface area contributed by atoms with Crippen LogP contribution in [0.25, 0.3) is 0 Å². The summed E-state index contributed by atoms with van der Waals surface area (Å²) in [4.78, 5) is 0. The molecule has 0 saturated heterocycles. The van der Waals surface area contributed by atoms with Crippen molar-refractivity contribution in [3.8, 4) is 0 Å². The van der Waals surface area contributed by atoms with Gasteiger partial charge >= 0.3 is 0 Å². The van der Waals surface area contributed by atoms with E-state index in [1.54, 1.807) is 7.11 Å². The summed E-state index contributed by atoms with van der Waals surface area (Å²) < 4.78 is 28.8. The minimum Gasteiger partial charge on any atom is -0.382 e. The maximum Gasteiger partial charge on any atom is 0.123 e. The molecule has 0 amide bonds. The summed E-state index contributed by atoms with van der Waals surface area (Å²) in [6.45, 7) is 3.15. The SMILES string of the molecule is COCCOCCCOCc1cc(F)cc(CN)c1. The molecule has 0 aliphatic rings. The minimum absolute atomic E-state index is 0.274. The second-order valence-electron chi connectivity index (χ2n) is 4.18. The van der Waals surface area contributed by atoms with Crippen LogP contribution in [0.2, 0.25) is 0 Å². The summed E-state index contributed by atoms with van der Waals surface area (Å²) in [6.07, 6.45) is 0.808. The molecule has 108 valence electrons. The fourth-order valence-electron chi connectivity index (χ4n) is 1.62. The van der Waals surface area contributed by atoms with Crippen molar-refractivity contribution < 1.29 is 18.6 Å². The molecule has 0 heterocycles. The Morgan fingerprint density at radius 3 is 2.47 bits per heavy atom. The highest BCUT2D eigenvalue weighted by Crippen LogP contribution is 2.10. The van der Waals surface area contributed by atoms with Crippen molar-refractivity contribution in [1.82, 2.24) is 0 Å². The Labute approximate surface area is 113 Å². The molecule has 0 aliphatic heterocycles. The Kier molecular flexibility index (Phi) is 8.33. The van der Waals surface area contributed by atoms with Crippen molar-refractivity contribution >= 4 is 0 Å². The fraction of sp³-hybridized carbons (Fsp3) is 0.571. The molecule has 19 heavy (non-hydrogen) atoms. The van der Waals surface area contributed by atoms with E-state index in [4.69, 9.17) is 19.9 Å². The van der Waals surface area contributed by atoms with Gasteiger partial charge in [0.25, 0.3) is 0 Å². The monoisotopic (exact) mass is 271 g/mol. The average Bonchev–Trinajstić information content (AvgIpc) is 2.41. The summed E-state index contributed by atoms with van der Waals surface area (Å²) in [5, 5.41) is 0. The van der Waals surface area contributed by atoms with E-state index >= 15 is 0 Å². The van der Waals surface area contributed by atoms with Crippen LogP contribution in [0.4, 0.5) is 4.39 Å².